The van der Waals surface area contributed by atoms with Crippen molar-refractivity contribution in [2.45, 2.75) is 65.6 Å². The highest BCUT2D eigenvalue weighted by Crippen LogP contribution is 2.23. The molecule has 2 rings (SSSR count). The Morgan fingerprint density at radius 3 is 2.27 bits per heavy atom. The number of carbonyl (C=O) groups is 2. The number of anilines is 1. The van der Waals surface area contributed by atoms with Crippen LogP contribution in [0.2, 0.25) is 5.02 Å². The standard InChI is InChI=1S/C27H38ClN3O5S/c1-6-20(3)29-27(33)21(4)30(19-22-11-8-9-12-25(22)28)26(32)13-10-18-31(37(5,34)35)23-14-16-24(17-15-23)36-7-2/h8-9,11-12,14-17,20-21H,6-7,10,13,18-19H2,1-5H3,(H,29,33). The first-order valence-electron chi connectivity index (χ1n) is 12.5. The minimum absolute atomic E-state index is 0.0235. The molecule has 2 unspecified atom stereocenters. The topological polar surface area (TPSA) is 96.0 Å². The molecule has 0 saturated heterocycles. The molecule has 0 aliphatic carbocycles. The Balaban J connectivity index is 2.17. The summed E-state index contributed by atoms with van der Waals surface area (Å²) in [7, 11) is -3.58. The van der Waals surface area contributed by atoms with Gasteiger partial charge in [-0.2, -0.15) is 0 Å². The summed E-state index contributed by atoms with van der Waals surface area (Å²) in [5, 5.41) is 3.44. The van der Waals surface area contributed by atoms with Crippen molar-refractivity contribution in [2.75, 3.05) is 23.7 Å². The predicted molar refractivity (Wildman–Crippen MR) is 148 cm³/mol. The van der Waals surface area contributed by atoms with Crippen molar-refractivity contribution < 1.29 is 22.7 Å². The van der Waals surface area contributed by atoms with Gasteiger partial charge in [0.25, 0.3) is 0 Å². The third kappa shape index (κ3) is 9.23. The molecule has 1 N–H and O–H groups in total. The number of nitrogens with one attached hydrogen (secondary N) is 1. The molecule has 0 radical (unpaired) electrons. The average molecular weight is 552 g/mol. The van der Waals surface area contributed by atoms with Crippen molar-refractivity contribution in [3.63, 3.8) is 0 Å². The van der Waals surface area contributed by atoms with Gasteiger partial charge in [-0.1, -0.05) is 36.7 Å². The van der Waals surface area contributed by atoms with Gasteiger partial charge < -0.3 is 15.0 Å². The molecule has 2 aromatic rings. The summed E-state index contributed by atoms with van der Waals surface area (Å²) in [6, 6.07) is 13.2. The van der Waals surface area contributed by atoms with Crippen molar-refractivity contribution >= 4 is 39.1 Å². The van der Waals surface area contributed by atoms with Gasteiger partial charge in [0.1, 0.15) is 11.8 Å². The molecule has 10 heteroatoms. The van der Waals surface area contributed by atoms with Gasteiger partial charge in [0.2, 0.25) is 21.8 Å². The minimum atomic E-state index is -3.58. The number of amides is 2. The van der Waals surface area contributed by atoms with E-state index in [1.165, 1.54) is 9.21 Å². The van der Waals surface area contributed by atoms with Crippen LogP contribution in [0.5, 0.6) is 5.75 Å². The van der Waals surface area contributed by atoms with Crippen molar-refractivity contribution in [1.82, 2.24) is 10.2 Å². The van der Waals surface area contributed by atoms with E-state index in [9.17, 15) is 18.0 Å². The Kier molecular flexibility index (Phi) is 11.7. The van der Waals surface area contributed by atoms with Crippen molar-refractivity contribution in [2.24, 2.45) is 0 Å². The van der Waals surface area contributed by atoms with Crippen LogP contribution >= 0.6 is 11.6 Å². The van der Waals surface area contributed by atoms with Gasteiger partial charge in [0, 0.05) is 30.6 Å². The SMILES string of the molecule is CCOc1ccc(N(CCCC(=O)N(Cc2ccccc2Cl)C(C)C(=O)NC(C)CC)S(C)(=O)=O)cc1. The second kappa shape index (κ2) is 14.2. The number of halogens is 1. The predicted octanol–water partition coefficient (Wildman–Crippen LogP) is 4.62. The summed E-state index contributed by atoms with van der Waals surface area (Å²) in [6.07, 6.45) is 2.24. The van der Waals surface area contributed by atoms with E-state index in [1.54, 1.807) is 43.3 Å². The fourth-order valence-electron chi connectivity index (χ4n) is 3.74. The van der Waals surface area contributed by atoms with Crippen LogP contribution in [0.25, 0.3) is 0 Å². The zero-order valence-electron chi connectivity index (χ0n) is 22.2. The van der Waals surface area contributed by atoms with E-state index in [1.807, 2.05) is 32.9 Å². The molecule has 2 aromatic carbocycles. The molecular weight excluding hydrogens is 514 g/mol. The molecule has 2 atom stereocenters. The molecule has 0 aliphatic rings. The van der Waals surface area contributed by atoms with Crippen LogP contribution in [0, 0.1) is 0 Å². The van der Waals surface area contributed by atoms with Gasteiger partial charge >= 0.3 is 0 Å². The quantitative estimate of drug-likeness (QED) is 0.370. The number of carbonyl (C=O) groups excluding carboxylic acids is 2. The van der Waals surface area contributed by atoms with Crippen LogP contribution < -0.4 is 14.4 Å². The Labute approximate surface area is 226 Å². The van der Waals surface area contributed by atoms with E-state index in [0.29, 0.717) is 23.1 Å². The Hall–Kier alpha value is -2.78. The largest absolute Gasteiger partial charge is 0.494 e. The monoisotopic (exact) mass is 551 g/mol. The van der Waals surface area contributed by atoms with E-state index in [2.05, 4.69) is 5.32 Å². The molecule has 0 bridgehead atoms. The van der Waals surface area contributed by atoms with E-state index >= 15 is 0 Å². The maximum Gasteiger partial charge on any atom is 0.242 e. The van der Waals surface area contributed by atoms with Gasteiger partial charge in [-0.3, -0.25) is 13.9 Å². The molecule has 0 fully saturated rings. The van der Waals surface area contributed by atoms with E-state index in [4.69, 9.17) is 16.3 Å². The first kappa shape index (κ1) is 30.4. The zero-order valence-corrected chi connectivity index (χ0v) is 23.8. The van der Waals surface area contributed by atoms with E-state index in [-0.39, 0.29) is 43.8 Å². The molecule has 2 amide bonds. The van der Waals surface area contributed by atoms with Crippen LogP contribution in [-0.2, 0) is 26.2 Å². The lowest BCUT2D eigenvalue weighted by Gasteiger charge is -2.30. The van der Waals surface area contributed by atoms with Gasteiger partial charge in [-0.05, 0) is 69.5 Å². The van der Waals surface area contributed by atoms with Crippen molar-refractivity contribution in [1.29, 1.82) is 0 Å². The smallest absolute Gasteiger partial charge is 0.242 e. The van der Waals surface area contributed by atoms with E-state index in [0.717, 1.165) is 18.2 Å². The minimum Gasteiger partial charge on any atom is -0.494 e. The number of ether oxygens (including phenoxy) is 1. The lowest BCUT2D eigenvalue weighted by Crippen LogP contribution is -2.49. The van der Waals surface area contributed by atoms with Crippen LogP contribution in [0.1, 0.15) is 52.5 Å². The summed E-state index contributed by atoms with van der Waals surface area (Å²) >= 11 is 6.34. The normalized spacial score (nSPS) is 12.9. The average Bonchev–Trinajstić information content (AvgIpc) is 2.85. The molecule has 0 heterocycles. The molecule has 0 spiro atoms. The molecular formula is C27H38ClN3O5S. The first-order valence-corrected chi connectivity index (χ1v) is 14.7. The molecule has 8 nitrogen and oxygen atoms in total. The number of hydrogen-bond acceptors (Lipinski definition) is 5. The Morgan fingerprint density at radius 2 is 1.70 bits per heavy atom. The van der Waals surface area contributed by atoms with Gasteiger partial charge in [0.15, 0.2) is 0 Å². The highest BCUT2D eigenvalue weighted by molar-refractivity contribution is 7.92. The van der Waals surface area contributed by atoms with Crippen molar-refractivity contribution in [3.8, 4) is 5.75 Å². The van der Waals surface area contributed by atoms with E-state index < -0.39 is 16.1 Å². The summed E-state index contributed by atoms with van der Waals surface area (Å²) in [6.45, 7) is 8.24. The Morgan fingerprint density at radius 1 is 1.05 bits per heavy atom. The third-order valence-electron chi connectivity index (χ3n) is 6.05. The molecule has 0 aliphatic heterocycles. The summed E-state index contributed by atoms with van der Waals surface area (Å²) in [5.74, 6) is 0.142. The summed E-state index contributed by atoms with van der Waals surface area (Å²) in [4.78, 5) is 27.7. The number of nitrogens with zero attached hydrogens (tertiary/aromatic N) is 2. The fraction of sp³-hybridized carbons (Fsp3) is 0.481. The number of hydrogen-bond donors (Lipinski definition) is 1. The number of sulfonamides is 1. The second-order valence-electron chi connectivity index (χ2n) is 8.97. The summed E-state index contributed by atoms with van der Waals surface area (Å²) in [5.41, 5.74) is 1.22. The maximum atomic E-state index is 13.4. The van der Waals surface area contributed by atoms with Crippen molar-refractivity contribution in [3.05, 3.63) is 59.1 Å². The molecule has 0 saturated carbocycles. The highest BCUT2D eigenvalue weighted by atomic mass is 35.5. The van der Waals surface area contributed by atoms with Crippen LogP contribution in [-0.4, -0.2) is 56.6 Å². The third-order valence-corrected chi connectivity index (χ3v) is 7.62. The fourth-order valence-corrected chi connectivity index (χ4v) is 4.90. The lowest BCUT2D eigenvalue weighted by atomic mass is 10.1. The number of rotatable bonds is 14. The zero-order chi connectivity index (χ0) is 27.6. The molecule has 204 valence electrons. The second-order valence-corrected chi connectivity index (χ2v) is 11.3. The van der Waals surface area contributed by atoms with Gasteiger partial charge in [-0.25, -0.2) is 8.42 Å². The first-order chi connectivity index (χ1) is 17.5. The van der Waals surface area contributed by atoms with Crippen LogP contribution in [0.15, 0.2) is 48.5 Å². The lowest BCUT2D eigenvalue weighted by molar-refractivity contribution is -0.140. The van der Waals surface area contributed by atoms with Crippen LogP contribution in [0.4, 0.5) is 5.69 Å². The number of benzene rings is 2. The van der Waals surface area contributed by atoms with Gasteiger partial charge in [-0.15, -0.1) is 0 Å². The molecule has 37 heavy (non-hydrogen) atoms. The maximum absolute atomic E-state index is 13.4. The Bertz CT molecular complexity index is 1140. The van der Waals surface area contributed by atoms with Crippen LogP contribution in [0.3, 0.4) is 0 Å². The highest BCUT2D eigenvalue weighted by Gasteiger charge is 2.27. The molecule has 0 aromatic heterocycles. The van der Waals surface area contributed by atoms with Gasteiger partial charge in [0.05, 0.1) is 18.6 Å². The summed E-state index contributed by atoms with van der Waals surface area (Å²) < 4.78 is 31.7.